The highest BCUT2D eigenvalue weighted by Crippen LogP contribution is 2.36. The Morgan fingerprint density at radius 2 is 2.12 bits per heavy atom. The molecular formula is C16H20O. The van der Waals surface area contributed by atoms with Gasteiger partial charge in [0.05, 0.1) is 0 Å². The predicted octanol–water partition coefficient (Wildman–Crippen LogP) is 4.47. The number of hydrogen-bond donors (Lipinski definition) is 1. The van der Waals surface area contributed by atoms with E-state index in [4.69, 9.17) is 0 Å². The maximum absolute atomic E-state index is 10.0. The van der Waals surface area contributed by atoms with Gasteiger partial charge < -0.3 is 5.11 Å². The zero-order valence-electron chi connectivity index (χ0n) is 10.6. The van der Waals surface area contributed by atoms with E-state index in [1.807, 2.05) is 6.07 Å². The van der Waals surface area contributed by atoms with Crippen LogP contribution in [0.2, 0.25) is 0 Å². The van der Waals surface area contributed by atoms with Gasteiger partial charge in [-0.1, -0.05) is 42.8 Å². The van der Waals surface area contributed by atoms with Crippen LogP contribution in [0.3, 0.4) is 0 Å². The summed E-state index contributed by atoms with van der Waals surface area (Å²) in [6.45, 7) is 4.25. The molecule has 90 valence electrons. The van der Waals surface area contributed by atoms with Gasteiger partial charge in [0.1, 0.15) is 5.75 Å². The van der Waals surface area contributed by atoms with E-state index in [-0.39, 0.29) is 0 Å². The number of aryl methyl sites for hydroxylation is 1. The van der Waals surface area contributed by atoms with E-state index in [1.54, 1.807) is 6.07 Å². The minimum Gasteiger partial charge on any atom is -0.508 e. The predicted molar refractivity (Wildman–Crippen MR) is 72.3 cm³/mol. The van der Waals surface area contributed by atoms with Crippen LogP contribution in [0, 0.1) is 6.92 Å². The topological polar surface area (TPSA) is 20.2 Å². The Morgan fingerprint density at radius 1 is 1.29 bits per heavy atom. The number of hydrogen-bond acceptors (Lipinski definition) is 1. The summed E-state index contributed by atoms with van der Waals surface area (Å²) in [5.41, 5.74) is 3.61. The van der Waals surface area contributed by atoms with Crippen molar-refractivity contribution in [1.29, 1.82) is 0 Å². The first-order valence-electron chi connectivity index (χ1n) is 6.38. The molecule has 0 radical (unpaired) electrons. The van der Waals surface area contributed by atoms with Gasteiger partial charge in [-0.3, -0.25) is 0 Å². The molecule has 2 rings (SSSR count). The fraction of sp³-hybridized carbons (Fsp3) is 0.375. The molecule has 0 aromatic heterocycles. The van der Waals surface area contributed by atoms with E-state index in [9.17, 15) is 5.11 Å². The molecule has 1 aromatic rings. The van der Waals surface area contributed by atoms with Gasteiger partial charge in [-0.15, -0.1) is 0 Å². The molecule has 0 fully saturated rings. The number of benzene rings is 1. The molecular weight excluding hydrogens is 208 g/mol. The summed E-state index contributed by atoms with van der Waals surface area (Å²) in [6.07, 6.45) is 10.0. The molecule has 0 aliphatic heterocycles. The average Bonchev–Trinajstić information content (AvgIpc) is 2.36. The molecule has 1 aliphatic rings. The van der Waals surface area contributed by atoms with Crippen LogP contribution in [0.1, 0.15) is 43.2 Å². The highest BCUT2D eigenvalue weighted by Gasteiger charge is 2.17. The maximum Gasteiger partial charge on any atom is 0.119 e. The number of aromatic hydroxyl groups is 1. The number of phenolic OH excluding ortho intramolecular Hbond substituents is 1. The summed E-state index contributed by atoms with van der Waals surface area (Å²) in [5.74, 6) is 0.744. The second-order valence-electron chi connectivity index (χ2n) is 4.71. The van der Waals surface area contributed by atoms with Gasteiger partial charge in [-0.05, 0) is 37.8 Å². The van der Waals surface area contributed by atoms with E-state index in [1.165, 1.54) is 11.1 Å². The number of rotatable bonds is 3. The molecule has 0 saturated carbocycles. The molecule has 0 unspecified atom stereocenters. The monoisotopic (exact) mass is 228 g/mol. The van der Waals surface area contributed by atoms with E-state index < -0.39 is 0 Å². The van der Waals surface area contributed by atoms with Crippen LogP contribution in [0.25, 0.3) is 0 Å². The van der Waals surface area contributed by atoms with Crippen molar-refractivity contribution in [2.24, 2.45) is 0 Å². The van der Waals surface area contributed by atoms with Crippen LogP contribution in [-0.4, -0.2) is 5.11 Å². The lowest BCUT2D eigenvalue weighted by Gasteiger charge is -2.20. The first-order chi connectivity index (χ1) is 8.22. The van der Waals surface area contributed by atoms with E-state index in [2.05, 4.69) is 38.1 Å². The lowest BCUT2D eigenvalue weighted by Crippen LogP contribution is -2.02. The quantitative estimate of drug-likeness (QED) is 0.809. The molecule has 1 atom stereocenters. The first kappa shape index (κ1) is 12.0. The van der Waals surface area contributed by atoms with Crippen LogP contribution in [-0.2, 0) is 0 Å². The van der Waals surface area contributed by atoms with Crippen LogP contribution >= 0.6 is 0 Å². The normalized spacial score (nSPS) is 16.7. The molecule has 1 nitrogen and oxygen atoms in total. The molecule has 1 N–H and O–H groups in total. The van der Waals surface area contributed by atoms with Crippen LogP contribution in [0.4, 0.5) is 0 Å². The van der Waals surface area contributed by atoms with Gasteiger partial charge in [0, 0.05) is 11.5 Å². The molecule has 1 aromatic carbocycles. The van der Waals surface area contributed by atoms with Gasteiger partial charge >= 0.3 is 0 Å². The third kappa shape index (κ3) is 2.60. The molecule has 0 saturated heterocycles. The third-order valence-electron chi connectivity index (χ3n) is 3.39. The summed E-state index contributed by atoms with van der Waals surface area (Å²) >= 11 is 0. The minimum atomic E-state index is 0.325. The summed E-state index contributed by atoms with van der Waals surface area (Å²) < 4.78 is 0. The summed E-state index contributed by atoms with van der Waals surface area (Å²) in [7, 11) is 0. The lowest BCUT2D eigenvalue weighted by molar-refractivity contribution is 0.463. The highest BCUT2D eigenvalue weighted by atomic mass is 16.3. The maximum atomic E-state index is 10.0. The molecule has 1 aliphatic carbocycles. The molecule has 1 heteroatoms. The van der Waals surface area contributed by atoms with E-state index in [0.717, 1.165) is 24.8 Å². The van der Waals surface area contributed by atoms with Crippen molar-refractivity contribution in [3.05, 3.63) is 53.1 Å². The third-order valence-corrected chi connectivity index (χ3v) is 3.39. The van der Waals surface area contributed by atoms with Crippen molar-refractivity contribution in [1.82, 2.24) is 0 Å². The Kier molecular flexibility index (Phi) is 3.68. The minimum absolute atomic E-state index is 0.325. The number of allylic oxidation sites excluding steroid dienone is 4. The average molecular weight is 228 g/mol. The first-order valence-corrected chi connectivity index (χ1v) is 6.38. The van der Waals surface area contributed by atoms with Crippen molar-refractivity contribution in [2.75, 3.05) is 0 Å². The Morgan fingerprint density at radius 3 is 2.76 bits per heavy atom. The Bertz CT molecular complexity index is 455. The zero-order chi connectivity index (χ0) is 12.3. The molecule has 17 heavy (non-hydrogen) atoms. The Hall–Kier alpha value is -1.50. The molecule has 0 bridgehead atoms. The summed E-state index contributed by atoms with van der Waals surface area (Å²) in [4.78, 5) is 0. The van der Waals surface area contributed by atoms with Crippen LogP contribution < -0.4 is 0 Å². The van der Waals surface area contributed by atoms with Crippen molar-refractivity contribution in [3.63, 3.8) is 0 Å². The Balaban J connectivity index is 2.38. The van der Waals surface area contributed by atoms with Crippen molar-refractivity contribution < 1.29 is 5.11 Å². The standard InChI is InChI=1S/C16H20O/c1-3-14(13-7-5-4-6-8-13)15-11-12(2)9-10-16(15)17/h5,7-11,14,17H,3-4,6H2,1-2H3/t14-/m0/s1. The Labute approximate surface area is 103 Å². The lowest BCUT2D eigenvalue weighted by atomic mass is 9.85. The van der Waals surface area contributed by atoms with Gasteiger partial charge in [0.2, 0.25) is 0 Å². The highest BCUT2D eigenvalue weighted by molar-refractivity contribution is 5.45. The van der Waals surface area contributed by atoms with Gasteiger partial charge in [-0.25, -0.2) is 0 Å². The fourth-order valence-electron chi connectivity index (χ4n) is 2.48. The number of phenols is 1. The second kappa shape index (κ2) is 5.22. The molecule has 0 heterocycles. The van der Waals surface area contributed by atoms with Gasteiger partial charge in [0.15, 0.2) is 0 Å². The largest absolute Gasteiger partial charge is 0.508 e. The van der Waals surface area contributed by atoms with Crippen molar-refractivity contribution in [2.45, 2.75) is 39.0 Å². The molecule has 0 spiro atoms. The zero-order valence-corrected chi connectivity index (χ0v) is 10.6. The van der Waals surface area contributed by atoms with Crippen molar-refractivity contribution in [3.8, 4) is 5.75 Å². The smallest absolute Gasteiger partial charge is 0.119 e. The molecule has 0 amide bonds. The second-order valence-corrected chi connectivity index (χ2v) is 4.71. The SMILES string of the molecule is CC[C@@H](C1=CCCC=C1)c1cc(C)ccc1O. The van der Waals surface area contributed by atoms with E-state index in [0.29, 0.717) is 11.7 Å². The summed E-state index contributed by atoms with van der Waals surface area (Å²) in [6, 6.07) is 5.86. The van der Waals surface area contributed by atoms with Crippen molar-refractivity contribution >= 4 is 0 Å². The van der Waals surface area contributed by atoms with Crippen LogP contribution in [0.5, 0.6) is 5.75 Å². The fourth-order valence-corrected chi connectivity index (χ4v) is 2.48. The van der Waals surface area contributed by atoms with E-state index >= 15 is 0 Å². The van der Waals surface area contributed by atoms with Gasteiger partial charge in [-0.2, -0.15) is 0 Å². The van der Waals surface area contributed by atoms with Crippen LogP contribution in [0.15, 0.2) is 42.0 Å². The summed E-state index contributed by atoms with van der Waals surface area (Å²) in [5, 5.41) is 10.0. The van der Waals surface area contributed by atoms with Gasteiger partial charge in [0.25, 0.3) is 0 Å².